The molecule has 0 unspecified atom stereocenters. The molecule has 3 aliphatic rings. The summed E-state index contributed by atoms with van der Waals surface area (Å²) in [5.41, 5.74) is 0.338. The Labute approximate surface area is 394 Å². The van der Waals surface area contributed by atoms with Crippen LogP contribution in [-0.2, 0) is 54.0 Å². The zero-order valence-electron chi connectivity index (χ0n) is 39.8. The molecule has 3 aliphatic heterocycles. The zero-order chi connectivity index (χ0) is 49.3. The van der Waals surface area contributed by atoms with Crippen LogP contribution in [0.5, 0.6) is 0 Å². The highest BCUT2D eigenvalue weighted by molar-refractivity contribution is 5.81. The third-order valence-electron chi connectivity index (χ3n) is 12.5. The fourth-order valence-corrected chi connectivity index (χ4v) is 8.43. The van der Waals surface area contributed by atoms with E-state index in [0.29, 0.717) is 12.0 Å². The van der Waals surface area contributed by atoms with Crippen molar-refractivity contribution >= 4 is 17.8 Å². The summed E-state index contributed by atoms with van der Waals surface area (Å²) < 4.78 is 42.0. The van der Waals surface area contributed by atoms with Crippen LogP contribution in [0.3, 0.4) is 0 Å². The molecule has 14 atom stereocenters. The Kier molecular flexibility index (Phi) is 21.5. The first kappa shape index (κ1) is 55.0. The standard InChI is InChI=1S/C51H71NO15/c1-9-10-14-25-41-50(5,6)47(58)48(66-43(56)28-35-22-15-13-16-23-35)51(60,67-41)36(31-63-44-30-40(61-7)45(57)34(4)64-44)49(59)52-27-20-19-21-32(2)46(62-8)33(3)39-29-37(53)38(65-39)24-17-11-12-18-26-42(54)55/h9-26,33-34,36-41,44-48,53,57-58,60H,27-31H2,1-8H3,(H,52,59)(H,54,55)/b10-9-,12-11-,20-19+,24-17-,25-14+,26-18+,32-21+/t33-,34-,36-,37-,38+,39+,40-,41-,44+,45+,46-,47-,48-,51+/m1/s1. The third-order valence-corrected chi connectivity index (χ3v) is 12.5. The van der Waals surface area contributed by atoms with E-state index < -0.39 is 103 Å². The quantitative estimate of drug-likeness (QED) is 0.0537. The van der Waals surface area contributed by atoms with Crippen LogP contribution in [0.1, 0.15) is 59.9 Å². The topological polar surface area (TPSA) is 229 Å². The van der Waals surface area contributed by atoms with Gasteiger partial charge in [-0.25, -0.2) is 4.79 Å². The van der Waals surface area contributed by atoms with Crippen molar-refractivity contribution in [2.75, 3.05) is 27.4 Å². The van der Waals surface area contributed by atoms with Gasteiger partial charge >= 0.3 is 11.9 Å². The summed E-state index contributed by atoms with van der Waals surface area (Å²) in [7, 11) is 3.04. The van der Waals surface area contributed by atoms with Crippen LogP contribution in [0.15, 0.2) is 115 Å². The summed E-state index contributed by atoms with van der Waals surface area (Å²) in [5, 5.41) is 57.7. The van der Waals surface area contributed by atoms with E-state index in [1.165, 1.54) is 13.2 Å². The second-order valence-electron chi connectivity index (χ2n) is 17.7. The number of amides is 1. The molecule has 0 bridgehead atoms. The van der Waals surface area contributed by atoms with Crippen molar-refractivity contribution in [3.8, 4) is 0 Å². The van der Waals surface area contributed by atoms with Crippen LogP contribution in [0.25, 0.3) is 0 Å². The summed E-state index contributed by atoms with van der Waals surface area (Å²) in [6, 6.07) is 8.83. The number of esters is 1. The van der Waals surface area contributed by atoms with E-state index in [1.54, 1.807) is 119 Å². The van der Waals surface area contributed by atoms with Gasteiger partial charge in [0.25, 0.3) is 0 Å². The molecule has 6 N–H and O–H groups in total. The normalized spacial score (nSPS) is 31.9. The number of aliphatic hydroxyl groups excluding tert-OH is 3. The molecule has 0 spiro atoms. The summed E-state index contributed by atoms with van der Waals surface area (Å²) in [6.45, 7) is 10.2. The Morgan fingerprint density at radius 2 is 1.66 bits per heavy atom. The maximum Gasteiger partial charge on any atom is 0.328 e. The number of methoxy groups -OCH3 is 2. The molecule has 1 amide bonds. The van der Waals surface area contributed by atoms with Crippen LogP contribution in [0, 0.1) is 17.3 Å². The molecule has 4 rings (SSSR count). The van der Waals surface area contributed by atoms with E-state index in [9.17, 15) is 34.8 Å². The lowest BCUT2D eigenvalue weighted by atomic mass is 9.71. The van der Waals surface area contributed by atoms with Gasteiger partial charge in [-0.2, -0.15) is 0 Å². The monoisotopic (exact) mass is 937 g/mol. The number of carboxylic acid groups (broad SMARTS) is 1. The number of ether oxygens (including phenoxy) is 7. The van der Waals surface area contributed by atoms with E-state index >= 15 is 0 Å². The highest BCUT2D eigenvalue weighted by Gasteiger charge is 2.63. The predicted octanol–water partition coefficient (Wildman–Crippen LogP) is 4.43. The van der Waals surface area contributed by atoms with E-state index in [0.717, 1.165) is 11.6 Å². The van der Waals surface area contributed by atoms with Crippen molar-refractivity contribution in [1.82, 2.24) is 5.32 Å². The first-order valence-corrected chi connectivity index (χ1v) is 22.7. The molecule has 0 radical (unpaired) electrons. The molecule has 370 valence electrons. The first-order valence-electron chi connectivity index (χ1n) is 22.7. The molecule has 3 heterocycles. The van der Waals surface area contributed by atoms with Crippen molar-refractivity contribution in [1.29, 1.82) is 0 Å². The molecule has 16 nitrogen and oxygen atoms in total. The van der Waals surface area contributed by atoms with Gasteiger partial charge in [0.15, 0.2) is 12.4 Å². The average Bonchev–Trinajstić information content (AvgIpc) is 3.66. The van der Waals surface area contributed by atoms with Crippen LogP contribution < -0.4 is 5.32 Å². The van der Waals surface area contributed by atoms with E-state index in [2.05, 4.69) is 5.32 Å². The van der Waals surface area contributed by atoms with Gasteiger partial charge in [-0.15, -0.1) is 0 Å². The number of aliphatic hydroxyl groups is 4. The van der Waals surface area contributed by atoms with Gasteiger partial charge in [0.1, 0.15) is 24.2 Å². The van der Waals surface area contributed by atoms with E-state index in [1.807, 2.05) is 26.8 Å². The van der Waals surface area contributed by atoms with Crippen molar-refractivity contribution in [2.45, 2.75) is 134 Å². The number of carboxylic acids is 1. The summed E-state index contributed by atoms with van der Waals surface area (Å²) >= 11 is 0. The fourth-order valence-electron chi connectivity index (χ4n) is 8.43. The molecule has 0 aromatic heterocycles. The lowest BCUT2D eigenvalue weighted by Gasteiger charge is -2.54. The Morgan fingerprint density at radius 1 is 0.955 bits per heavy atom. The molecule has 1 aromatic rings. The maximum atomic E-state index is 14.5. The van der Waals surface area contributed by atoms with Crippen molar-refractivity contribution in [2.24, 2.45) is 17.3 Å². The van der Waals surface area contributed by atoms with Gasteiger partial charge < -0.3 is 64.0 Å². The Morgan fingerprint density at radius 3 is 2.33 bits per heavy atom. The predicted molar refractivity (Wildman–Crippen MR) is 249 cm³/mol. The molecular formula is C51H71NO15. The fraction of sp³-hybridized carbons (Fsp3) is 0.549. The molecule has 1 aromatic carbocycles. The summed E-state index contributed by atoms with van der Waals surface area (Å²) in [5.74, 6) is -7.01. The Bertz CT molecular complexity index is 1960. The molecule has 0 saturated carbocycles. The minimum absolute atomic E-state index is 0.0269. The van der Waals surface area contributed by atoms with Crippen LogP contribution in [0.2, 0.25) is 0 Å². The SMILES string of the molecule is C/C=C\C=C\[C@H]1O[C@@](O)([C@H](CO[C@@H]2C[C@@H](OC)[C@@H](O)[C@@H](C)O2)C(=O)NC/C=C/C=C(\C)[C@@H](OC)[C@H](C)[C@@H]2C[C@@H](O)[C@H](\C=C/C=C\C=C\C(=O)O)O2)[C@H](OC(=O)Cc2ccccc2)[C@@H](O)C1(C)C. The van der Waals surface area contributed by atoms with Crippen LogP contribution >= 0.6 is 0 Å². The molecule has 0 aliphatic carbocycles. The number of aliphatic carboxylic acids is 1. The van der Waals surface area contributed by atoms with Crippen molar-refractivity contribution in [3.05, 3.63) is 120 Å². The molecule has 3 fully saturated rings. The minimum Gasteiger partial charge on any atom is -0.478 e. The van der Waals surface area contributed by atoms with Crippen molar-refractivity contribution < 1.29 is 73.1 Å². The van der Waals surface area contributed by atoms with Gasteiger partial charge in [-0.3, -0.25) is 9.59 Å². The second-order valence-corrected chi connectivity index (χ2v) is 17.7. The third kappa shape index (κ3) is 15.2. The highest BCUT2D eigenvalue weighted by Crippen LogP contribution is 2.46. The number of carbonyl (C=O) groups is 3. The lowest BCUT2D eigenvalue weighted by Crippen LogP contribution is -2.71. The molecule has 3 saturated heterocycles. The molecule has 67 heavy (non-hydrogen) atoms. The van der Waals surface area contributed by atoms with Crippen LogP contribution in [-0.4, -0.2) is 144 Å². The maximum absolute atomic E-state index is 14.5. The number of hydrogen-bond acceptors (Lipinski definition) is 14. The smallest absolute Gasteiger partial charge is 0.328 e. The Balaban J connectivity index is 1.56. The summed E-state index contributed by atoms with van der Waals surface area (Å²) in [6.07, 6.45) is 11.9. The number of nitrogens with one attached hydrogen (secondary N) is 1. The van der Waals surface area contributed by atoms with Gasteiger partial charge in [0.05, 0.1) is 49.7 Å². The largest absolute Gasteiger partial charge is 0.478 e. The molecular weight excluding hydrogens is 867 g/mol. The molecule has 16 heteroatoms. The minimum atomic E-state index is -2.65. The van der Waals surface area contributed by atoms with E-state index in [4.69, 9.17) is 38.3 Å². The van der Waals surface area contributed by atoms with Crippen molar-refractivity contribution in [3.63, 3.8) is 0 Å². The number of rotatable bonds is 22. The number of hydrogen-bond donors (Lipinski definition) is 6. The van der Waals surface area contributed by atoms with Gasteiger partial charge in [0, 0.05) is 51.0 Å². The lowest BCUT2D eigenvalue weighted by molar-refractivity contribution is -0.367. The van der Waals surface area contributed by atoms with Gasteiger partial charge in [-0.05, 0) is 31.9 Å². The van der Waals surface area contributed by atoms with Gasteiger partial charge in [0.2, 0.25) is 11.7 Å². The number of allylic oxidation sites excluding steroid dienone is 9. The second kappa shape index (κ2) is 26.2. The highest BCUT2D eigenvalue weighted by atomic mass is 16.7. The van der Waals surface area contributed by atoms with E-state index in [-0.39, 0.29) is 31.4 Å². The van der Waals surface area contributed by atoms with Gasteiger partial charge in [-0.1, -0.05) is 124 Å². The zero-order valence-corrected chi connectivity index (χ0v) is 39.8. The first-order chi connectivity index (χ1) is 31.9. The average molecular weight is 938 g/mol. The van der Waals surface area contributed by atoms with Crippen LogP contribution in [0.4, 0.5) is 0 Å². The summed E-state index contributed by atoms with van der Waals surface area (Å²) in [4.78, 5) is 38.7. The number of benzene rings is 1. The number of carbonyl (C=O) groups excluding carboxylic acids is 2. The Hall–Kier alpha value is -4.59.